The van der Waals surface area contributed by atoms with E-state index < -0.39 is 0 Å². The Labute approximate surface area is 211 Å². The fourth-order valence-corrected chi connectivity index (χ4v) is 5.69. The maximum atomic E-state index is 14.2. The third kappa shape index (κ3) is 2.68. The number of para-hydroxylation sites is 4. The molecule has 5 nitrogen and oxygen atoms in total. The van der Waals surface area contributed by atoms with Gasteiger partial charge in [0, 0.05) is 22.1 Å². The van der Waals surface area contributed by atoms with Crippen molar-refractivity contribution in [2.75, 3.05) is 0 Å². The molecule has 0 aliphatic rings. The van der Waals surface area contributed by atoms with Crippen LogP contribution in [0, 0.1) is 0 Å². The average molecular weight is 477 g/mol. The Kier molecular flexibility index (Phi) is 4.03. The van der Waals surface area contributed by atoms with Crippen molar-refractivity contribution < 1.29 is 0 Å². The Bertz CT molecular complexity index is 2200. The predicted octanol–water partition coefficient (Wildman–Crippen LogP) is 6.89. The van der Waals surface area contributed by atoms with Crippen LogP contribution in [0.1, 0.15) is 0 Å². The minimum absolute atomic E-state index is 0.0716. The van der Waals surface area contributed by atoms with Gasteiger partial charge in [-0.1, -0.05) is 66.7 Å². The van der Waals surface area contributed by atoms with Gasteiger partial charge >= 0.3 is 0 Å². The lowest BCUT2D eigenvalue weighted by Gasteiger charge is -2.13. The fourth-order valence-electron chi connectivity index (χ4n) is 5.69. The summed E-state index contributed by atoms with van der Waals surface area (Å²) in [5.74, 6) is 0.599. The van der Waals surface area contributed by atoms with Crippen LogP contribution in [0.25, 0.3) is 60.9 Å². The average Bonchev–Trinajstić information content (AvgIpc) is 3.50. The van der Waals surface area contributed by atoms with Crippen LogP contribution >= 0.6 is 0 Å². The van der Waals surface area contributed by atoms with Gasteiger partial charge in [0.2, 0.25) is 5.78 Å². The molecule has 0 radical (unpaired) electrons. The molecule has 0 amide bonds. The molecule has 0 fully saturated rings. The number of rotatable bonds is 2. The first kappa shape index (κ1) is 20.1. The van der Waals surface area contributed by atoms with E-state index in [-0.39, 0.29) is 5.56 Å². The Morgan fingerprint density at radius 1 is 0.486 bits per heavy atom. The zero-order chi connectivity index (χ0) is 24.5. The fraction of sp³-hybridized carbons (Fsp3) is 0. The number of fused-ring (bicyclic) bond motifs is 8. The summed E-state index contributed by atoms with van der Waals surface area (Å²) in [5, 5.41) is 2.88. The number of imidazole rings is 1. The van der Waals surface area contributed by atoms with Crippen molar-refractivity contribution in [3.8, 4) is 11.4 Å². The van der Waals surface area contributed by atoms with Gasteiger partial charge in [-0.05, 0) is 54.6 Å². The van der Waals surface area contributed by atoms with Crippen LogP contribution in [0.4, 0.5) is 0 Å². The van der Waals surface area contributed by atoms with Crippen LogP contribution in [0.2, 0.25) is 0 Å². The summed E-state index contributed by atoms with van der Waals surface area (Å²) in [6, 6.07) is 40.7. The Hall–Kier alpha value is -5.16. The van der Waals surface area contributed by atoms with E-state index in [1.54, 1.807) is 4.40 Å². The highest BCUT2D eigenvalue weighted by Gasteiger charge is 2.22. The molecular weight excluding hydrogens is 456 g/mol. The minimum Gasteiger partial charge on any atom is -0.307 e. The molecule has 0 bridgehead atoms. The molecule has 8 aromatic rings. The number of aromatic nitrogens is 4. The minimum atomic E-state index is -0.0716. The van der Waals surface area contributed by atoms with Crippen molar-refractivity contribution >= 4 is 49.5 Å². The van der Waals surface area contributed by atoms with Gasteiger partial charge < -0.3 is 4.57 Å². The summed E-state index contributed by atoms with van der Waals surface area (Å²) in [4.78, 5) is 19.2. The van der Waals surface area contributed by atoms with Crippen molar-refractivity contribution in [1.29, 1.82) is 0 Å². The van der Waals surface area contributed by atoms with Crippen molar-refractivity contribution in [2.45, 2.75) is 0 Å². The van der Waals surface area contributed by atoms with E-state index in [1.165, 1.54) is 0 Å². The van der Waals surface area contributed by atoms with E-state index in [9.17, 15) is 4.79 Å². The van der Waals surface area contributed by atoms with E-state index in [0.29, 0.717) is 11.2 Å². The molecule has 5 heteroatoms. The normalized spacial score (nSPS) is 11.9. The lowest BCUT2D eigenvalue weighted by molar-refractivity contribution is 1.02. The third-order valence-electron chi connectivity index (χ3n) is 7.24. The molecule has 3 heterocycles. The van der Waals surface area contributed by atoms with Crippen LogP contribution < -0.4 is 5.56 Å². The summed E-state index contributed by atoms with van der Waals surface area (Å²) < 4.78 is 6.13. The van der Waals surface area contributed by atoms with Crippen molar-refractivity contribution in [2.24, 2.45) is 0 Å². The summed E-state index contributed by atoms with van der Waals surface area (Å²) in [6.45, 7) is 0. The van der Waals surface area contributed by atoms with Gasteiger partial charge in [-0.3, -0.25) is 9.36 Å². The van der Waals surface area contributed by atoms with Gasteiger partial charge in [-0.15, -0.1) is 0 Å². The second-order valence-electron chi connectivity index (χ2n) is 9.26. The van der Waals surface area contributed by atoms with E-state index in [2.05, 4.69) is 51.6 Å². The quantitative estimate of drug-likeness (QED) is 0.273. The number of hydrogen-bond donors (Lipinski definition) is 0. The summed E-state index contributed by atoms with van der Waals surface area (Å²) in [5.41, 5.74) is 6.43. The molecule has 0 saturated carbocycles. The van der Waals surface area contributed by atoms with Crippen LogP contribution in [-0.4, -0.2) is 18.5 Å². The maximum Gasteiger partial charge on any atom is 0.267 e. The zero-order valence-corrected chi connectivity index (χ0v) is 19.7. The molecule has 3 aromatic heterocycles. The summed E-state index contributed by atoms with van der Waals surface area (Å²) in [7, 11) is 0. The standard InChI is InChI=1S/C32H20N4O/c37-31-25-16-8-10-18-28(25)35(22-13-5-2-6-14-22)32-33-26-20-19-24-23-15-7-9-17-27(23)34(21-11-3-1-4-12-21)29(24)30(26)36(31)32/h1-20H. The summed E-state index contributed by atoms with van der Waals surface area (Å²) >= 11 is 0. The molecule has 0 aliphatic carbocycles. The van der Waals surface area contributed by atoms with Crippen LogP contribution in [0.3, 0.4) is 0 Å². The Balaban J connectivity index is 1.68. The first-order valence-electron chi connectivity index (χ1n) is 12.3. The van der Waals surface area contributed by atoms with Gasteiger partial charge in [0.05, 0.1) is 27.5 Å². The zero-order valence-electron chi connectivity index (χ0n) is 19.7. The Morgan fingerprint density at radius 3 is 1.76 bits per heavy atom. The topological polar surface area (TPSA) is 44.2 Å². The van der Waals surface area contributed by atoms with E-state index in [4.69, 9.17) is 4.98 Å². The van der Waals surface area contributed by atoms with Gasteiger partial charge in [0.25, 0.3) is 5.56 Å². The van der Waals surface area contributed by atoms with Gasteiger partial charge in [-0.25, -0.2) is 9.38 Å². The van der Waals surface area contributed by atoms with E-state index in [0.717, 1.165) is 49.7 Å². The molecule has 0 N–H and O–H groups in total. The van der Waals surface area contributed by atoms with Gasteiger partial charge in [-0.2, -0.15) is 0 Å². The smallest absolute Gasteiger partial charge is 0.267 e. The maximum absolute atomic E-state index is 14.2. The van der Waals surface area contributed by atoms with Crippen molar-refractivity contribution in [3.05, 3.63) is 132 Å². The molecule has 0 saturated heterocycles. The van der Waals surface area contributed by atoms with Crippen LogP contribution in [0.15, 0.2) is 126 Å². The molecule has 0 atom stereocenters. The lowest BCUT2D eigenvalue weighted by Crippen LogP contribution is -2.18. The van der Waals surface area contributed by atoms with Crippen LogP contribution in [-0.2, 0) is 0 Å². The molecule has 174 valence electrons. The molecule has 0 aliphatic heterocycles. The van der Waals surface area contributed by atoms with Gasteiger partial charge in [0.15, 0.2) is 0 Å². The van der Waals surface area contributed by atoms with Crippen molar-refractivity contribution in [1.82, 2.24) is 18.5 Å². The first-order valence-corrected chi connectivity index (χ1v) is 12.3. The second-order valence-corrected chi connectivity index (χ2v) is 9.26. The van der Waals surface area contributed by atoms with E-state index in [1.807, 2.05) is 78.9 Å². The largest absolute Gasteiger partial charge is 0.307 e. The highest BCUT2D eigenvalue weighted by atomic mass is 16.1. The molecule has 37 heavy (non-hydrogen) atoms. The van der Waals surface area contributed by atoms with Gasteiger partial charge in [0.1, 0.15) is 5.52 Å². The second kappa shape index (κ2) is 7.42. The molecule has 0 unspecified atom stereocenters. The molecular formula is C32H20N4O. The van der Waals surface area contributed by atoms with Crippen LogP contribution in [0.5, 0.6) is 0 Å². The monoisotopic (exact) mass is 476 g/mol. The van der Waals surface area contributed by atoms with E-state index >= 15 is 0 Å². The highest BCUT2D eigenvalue weighted by molar-refractivity contribution is 6.17. The molecule has 0 spiro atoms. The number of benzene rings is 5. The lowest BCUT2D eigenvalue weighted by atomic mass is 10.1. The SMILES string of the molecule is O=c1c2ccccc2n(-c2ccccc2)c2nc3ccc4c5ccccc5n(-c5ccccc5)c4c3n12. The third-order valence-corrected chi connectivity index (χ3v) is 7.24. The highest BCUT2D eigenvalue weighted by Crippen LogP contribution is 2.37. The summed E-state index contributed by atoms with van der Waals surface area (Å²) in [6.07, 6.45) is 0. The van der Waals surface area contributed by atoms with Crippen molar-refractivity contribution in [3.63, 3.8) is 0 Å². The number of hydrogen-bond acceptors (Lipinski definition) is 2. The predicted molar refractivity (Wildman–Crippen MR) is 150 cm³/mol. The number of nitrogens with zero attached hydrogens (tertiary/aromatic N) is 4. The molecule has 5 aromatic carbocycles. The molecule has 8 rings (SSSR count). The Morgan fingerprint density at radius 2 is 1.05 bits per heavy atom. The first-order chi connectivity index (χ1) is 18.3.